The van der Waals surface area contributed by atoms with Gasteiger partial charge in [-0.05, 0) is 54.8 Å². The molecule has 32 heavy (non-hydrogen) atoms. The van der Waals surface area contributed by atoms with Gasteiger partial charge in [-0.25, -0.2) is 4.98 Å². The quantitative estimate of drug-likeness (QED) is 0.566. The predicted octanol–water partition coefficient (Wildman–Crippen LogP) is 4.23. The number of aromatic nitrogens is 1. The summed E-state index contributed by atoms with van der Waals surface area (Å²) in [7, 11) is 3.20. The molecule has 2 heterocycles. The van der Waals surface area contributed by atoms with E-state index in [-0.39, 0.29) is 5.91 Å². The number of aryl methyl sites for hydroxylation is 2. The Balaban J connectivity index is 1.41. The standard InChI is InChI=1S/C26H29N3O3/c1-18-6-5-7-21-19(2)16-24(27-26(18)21)28-12-14-29(15-13-28)25(30)11-9-20-8-10-22(31-3)23(17-20)32-4/h5-11,16-17H,12-15H2,1-4H3/b11-9+. The maximum Gasteiger partial charge on any atom is 0.246 e. The first-order valence-electron chi connectivity index (χ1n) is 10.8. The minimum absolute atomic E-state index is 0.0120. The third-order valence-electron chi connectivity index (χ3n) is 5.98. The van der Waals surface area contributed by atoms with Gasteiger partial charge in [-0.1, -0.05) is 24.3 Å². The lowest BCUT2D eigenvalue weighted by Gasteiger charge is -2.35. The summed E-state index contributed by atoms with van der Waals surface area (Å²) >= 11 is 0. The summed E-state index contributed by atoms with van der Waals surface area (Å²) in [4.78, 5) is 21.8. The maximum absolute atomic E-state index is 12.7. The zero-order valence-electron chi connectivity index (χ0n) is 19.1. The molecule has 4 rings (SSSR count). The molecular weight excluding hydrogens is 402 g/mol. The van der Waals surface area contributed by atoms with Crippen LogP contribution in [0.15, 0.2) is 48.5 Å². The van der Waals surface area contributed by atoms with E-state index < -0.39 is 0 Å². The van der Waals surface area contributed by atoms with Crippen LogP contribution >= 0.6 is 0 Å². The van der Waals surface area contributed by atoms with Gasteiger partial charge in [-0.3, -0.25) is 4.79 Å². The van der Waals surface area contributed by atoms with Crippen molar-refractivity contribution in [1.82, 2.24) is 9.88 Å². The maximum atomic E-state index is 12.7. The monoisotopic (exact) mass is 431 g/mol. The number of fused-ring (bicyclic) bond motifs is 1. The molecule has 0 spiro atoms. The van der Waals surface area contributed by atoms with Crippen LogP contribution in [0.1, 0.15) is 16.7 Å². The van der Waals surface area contributed by atoms with Crippen LogP contribution in [0.3, 0.4) is 0 Å². The first kappa shape index (κ1) is 21.7. The SMILES string of the molecule is COc1ccc(/C=C/C(=O)N2CCN(c3cc(C)c4cccc(C)c4n3)CC2)cc1OC. The molecule has 0 saturated carbocycles. The van der Waals surface area contributed by atoms with E-state index in [0.29, 0.717) is 24.6 Å². The van der Waals surface area contributed by atoms with Gasteiger partial charge in [0.05, 0.1) is 19.7 Å². The van der Waals surface area contributed by atoms with Crippen LogP contribution in [0.2, 0.25) is 0 Å². The minimum atomic E-state index is 0.0120. The number of ether oxygens (including phenoxy) is 2. The molecule has 6 nitrogen and oxygen atoms in total. The molecule has 3 aromatic rings. The van der Waals surface area contributed by atoms with Gasteiger partial charge in [-0.2, -0.15) is 0 Å². The summed E-state index contributed by atoms with van der Waals surface area (Å²) in [5.41, 5.74) is 4.35. The van der Waals surface area contributed by atoms with Crippen molar-refractivity contribution in [2.24, 2.45) is 0 Å². The number of carbonyl (C=O) groups excluding carboxylic acids is 1. The Morgan fingerprint density at radius 1 is 0.938 bits per heavy atom. The molecule has 1 aliphatic rings. The number of rotatable bonds is 5. The number of benzene rings is 2. The molecule has 0 N–H and O–H groups in total. The Kier molecular flexibility index (Phi) is 6.30. The van der Waals surface area contributed by atoms with E-state index >= 15 is 0 Å². The molecule has 1 amide bonds. The summed E-state index contributed by atoms with van der Waals surface area (Å²) in [6, 6.07) is 14.0. The van der Waals surface area contributed by atoms with Crippen molar-refractivity contribution in [3.63, 3.8) is 0 Å². The van der Waals surface area contributed by atoms with E-state index in [4.69, 9.17) is 14.5 Å². The minimum Gasteiger partial charge on any atom is -0.493 e. The molecule has 1 aromatic heterocycles. The van der Waals surface area contributed by atoms with Gasteiger partial charge in [0.2, 0.25) is 5.91 Å². The van der Waals surface area contributed by atoms with Crippen LogP contribution in [0.25, 0.3) is 17.0 Å². The Morgan fingerprint density at radius 3 is 2.41 bits per heavy atom. The van der Waals surface area contributed by atoms with Crippen molar-refractivity contribution in [2.45, 2.75) is 13.8 Å². The highest BCUT2D eigenvalue weighted by Crippen LogP contribution is 2.28. The van der Waals surface area contributed by atoms with Crippen molar-refractivity contribution < 1.29 is 14.3 Å². The van der Waals surface area contributed by atoms with E-state index in [2.05, 4.69) is 43.0 Å². The zero-order chi connectivity index (χ0) is 22.7. The first-order valence-corrected chi connectivity index (χ1v) is 10.8. The second-order valence-corrected chi connectivity index (χ2v) is 8.03. The molecular formula is C26H29N3O3. The number of methoxy groups -OCH3 is 2. The Labute approximate surface area is 189 Å². The number of para-hydroxylation sites is 1. The van der Waals surface area contributed by atoms with Crippen molar-refractivity contribution in [3.05, 3.63) is 65.2 Å². The van der Waals surface area contributed by atoms with Gasteiger partial charge < -0.3 is 19.3 Å². The fourth-order valence-electron chi connectivity index (χ4n) is 4.09. The molecule has 166 valence electrons. The number of hydrogen-bond acceptors (Lipinski definition) is 5. The van der Waals surface area contributed by atoms with Gasteiger partial charge in [0, 0.05) is 37.6 Å². The average molecular weight is 432 g/mol. The highest BCUT2D eigenvalue weighted by Gasteiger charge is 2.21. The summed E-state index contributed by atoms with van der Waals surface area (Å²) in [6.07, 6.45) is 3.44. The fourth-order valence-corrected chi connectivity index (χ4v) is 4.09. The Morgan fingerprint density at radius 2 is 1.69 bits per heavy atom. The van der Waals surface area contributed by atoms with Crippen molar-refractivity contribution in [1.29, 1.82) is 0 Å². The number of hydrogen-bond donors (Lipinski definition) is 0. The number of anilines is 1. The summed E-state index contributed by atoms with van der Waals surface area (Å²) in [5, 5.41) is 1.20. The largest absolute Gasteiger partial charge is 0.493 e. The second-order valence-electron chi connectivity index (χ2n) is 8.03. The third-order valence-corrected chi connectivity index (χ3v) is 5.98. The van der Waals surface area contributed by atoms with Crippen LogP contribution < -0.4 is 14.4 Å². The van der Waals surface area contributed by atoms with Gasteiger partial charge in [-0.15, -0.1) is 0 Å². The topological polar surface area (TPSA) is 54.9 Å². The van der Waals surface area contributed by atoms with Gasteiger partial charge in [0.1, 0.15) is 5.82 Å². The Hall–Kier alpha value is -3.54. The fraction of sp³-hybridized carbons (Fsp3) is 0.308. The van der Waals surface area contributed by atoms with Gasteiger partial charge in [0.15, 0.2) is 11.5 Å². The molecule has 0 radical (unpaired) electrons. The molecule has 0 atom stereocenters. The van der Waals surface area contributed by atoms with Crippen molar-refractivity contribution in [3.8, 4) is 11.5 Å². The molecule has 2 aromatic carbocycles. The van der Waals surface area contributed by atoms with E-state index in [1.54, 1.807) is 20.3 Å². The predicted molar refractivity (Wildman–Crippen MR) is 129 cm³/mol. The molecule has 6 heteroatoms. The van der Waals surface area contributed by atoms with E-state index in [1.807, 2.05) is 29.2 Å². The van der Waals surface area contributed by atoms with Crippen LogP contribution in [0, 0.1) is 13.8 Å². The Bertz CT molecular complexity index is 1160. The van der Waals surface area contributed by atoms with Crippen LogP contribution in [0.4, 0.5) is 5.82 Å². The molecule has 1 fully saturated rings. The van der Waals surface area contributed by atoms with Crippen molar-refractivity contribution in [2.75, 3.05) is 45.3 Å². The molecule has 1 aliphatic heterocycles. The lowest BCUT2D eigenvalue weighted by Crippen LogP contribution is -2.48. The highest BCUT2D eigenvalue weighted by atomic mass is 16.5. The highest BCUT2D eigenvalue weighted by molar-refractivity contribution is 5.92. The zero-order valence-corrected chi connectivity index (χ0v) is 19.1. The number of carbonyl (C=O) groups is 1. The normalized spacial score (nSPS) is 14.2. The van der Waals surface area contributed by atoms with Gasteiger partial charge in [0.25, 0.3) is 0 Å². The summed E-state index contributed by atoms with van der Waals surface area (Å²) in [6.45, 7) is 7.09. The lowest BCUT2D eigenvalue weighted by atomic mass is 10.1. The number of pyridine rings is 1. The average Bonchev–Trinajstić information content (AvgIpc) is 2.83. The lowest BCUT2D eigenvalue weighted by molar-refractivity contribution is -0.126. The molecule has 0 aliphatic carbocycles. The van der Waals surface area contributed by atoms with Crippen LogP contribution in [-0.4, -0.2) is 56.2 Å². The second kappa shape index (κ2) is 9.30. The number of amides is 1. The first-order chi connectivity index (χ1) is 15.5. The number of nitrogens with zero attached hydrogens (tertiary/aromatic N) is 3. The van der Waals surface area contributed by atoms with E-state index in [0.717, 1.165) is 30.0 Å². The molecule has 1 saturated heterocycles. The summed E-state index contributed by atoms with van der Waals surface area (Å²) in [5.74, 6) is 2.30. The number of piperazine rings is 1. The van der Waals surface area contributed by atoms with E-state index in [1.165, 1.54) is 16.5 Å². The van der Waals surface area contributed by atoms with Crippen LogP contribution in [0.5, 0.6) is 11.5 Å². The third kappa shape index (κ3) is 4.40. The smallest absolute Gasteiger partial charge is 0.246 e. The van der Waals surface area contributed by atoms with Crippen molar-refractivity contribution >= 4 is 28.7 Å². The molecule has 0 bridgehead atoms. The summed E-state index contributed by atoms with van der Waals surface area (Å²) < 4.78 is 10.6. The molecule has 0 unspecified atom stereocenters. The van der Waals surface area contributed by atoms with Crippen LogP contribution in [-0.2, 0) is 4.79 Å². The van der Waals surface area contributed by atoms with Gasteiger partial charge >= 0.3 is 0 Å². The van der Waals surface area contributed by atoms with E-state index in [9.17, 15) is 4.79 Å².